The molecule has 184 valence electrons. The Kier molecular flexibility index (Phi) is 8.12. The van der Waals surface area contributed by atoms with Crippen LogP contribution in [-0.2, 0) is 31.9 Å². The summed E-state index contributed by atoms with van der Waals surface area (Å²) in [6.45, 7) is 0. The van der Waals surface area contributed by atoms with Gasteiger partial charge in [-0.3, -0.25) is 11.5 Å². The first kappa shape index (κ1) is 24.7. The quantitative estimate of drug-likeness (QED) is 0.203. The highest BCUT2D eigenvalue weighted by Crippen LogP contribution is 2.15. The van der Waals surface area contributed by atoms with E-state index in [0.29, 0.717) is 12.8 Å². The molecule has 2 unspecified atom stereocenters. The van der Waals surface area contributed by atoms with Crippen molar-refractivity contribution in [1.82, 2.24) is 9.13 Å². The molecular formula is C28H28N4O4. The molecule has 0 spiro atoms. The van der Waals surface area contributed by atoms with Gasteiger partial charge in [0.1, 0.15) is 0 Å². The lowest BCUT2D eigenvalue weighted by Crippen LogP contribution is -2.30. The maximum atomic E-state index is 12.1. The molecule has 0 radical (unpaired) electrons. The molecule has 2 atom stereocenters. The molecule has 0 saturated carbocycles. The highest BCUT2D eigenvalue weighted by atomic mass is 16.6. The predicted molar refractivity (Wildman–Crippen MR) is 136 cm³/mol. The summed E-state index contributed by atoms with van der Waals surface area (Å²) in [6.07, 6.45) is 4.63. The van der Waals surface area contributed by atoms with Gasteiger partial charge in [-0.2, -0.15) is 0 Å². The van der Waals surface area contributed by atoms with Crippen molar-refractivity contribution < 1.29 is 19.1 Å². The number of aromatic nitrogens is 2. The van der Waals surface area contributed by atoms with E-state index in [0.717, 1.165) is 34.9 Å². The van der Waals surface area contributed by atoms with Gasteiger partial charge in [-0.25, -0.2) is 9.59 Å². The minimum atomic E-state index is -0.886. The third-order valence-electron chi connectivity index (χ3n) is 5.45. The first-order chi connectivity index (χ1) is 17.5. The van der Waals surface area contributed by atoms with Gasteiger partial charge in [0.2, 0.25) is 0 Å². The molecule has 4 rings (SSSR count). The van der Waals surface area contributed by atoms with Crippen molar-refractivity contribution in [3.05, 3.63) is 121 Å². The van der Waals surface area contributed by atoms with Gasteiger partial charge in [-0.1, -0.05) is 36.4 Å². The van der Waals surface area contributed by atoms with Crippen LogP contribution in [0.15, 0.2) is 109 Å². The lowest BCUT2D eigenvalue weighted by molar-refractivity contribution is -0.145. The number of benzene rings is 2. The van der Waals surface area contributed by atoms with Crippen LogP contribution in [0.2, 0.25) is 0 Å². The Morgan fingerprint density at radius 2 is 1.03 bits per heavy atom. The number of para-hydroxylation sites is 2. The second kappa shape index (κ2) is 11.8. The molecule has 0 fully saturated rings. The van der Waals surface area contributed by atoms with E-state index in [2.05, 4.69) is 0 Å². The largest absolute Gasteiger partial charge is 0.443 e. The average molecular weight is 485 g/mol. The summed E-state index contributed by atoms with van der Waals surface area (Å²) in [5, 5.41) is 0. The van der Waals surface area contributed by atoms with Gasteiger partial charge in [-0.05, 0) is 48.5 Å². The summed E-state index contributed by atoms with van der Waals surface area (Å²) in [5.41, 5.74) is 15.7. The molecule has 0 saturated heterocycles. The first-order valence-corrected chi connectivity index (χ1v) is 11.5. The first-order valence-electron chi connectivity index (χ1n) is 11.5. The van der Waals surface area contributed by atoms with Crippen LogP contribution in [0.3, 0.4) is 0 Å². The van der Waals surface area contributed by atoms with Crippen LogP contribution >= 0.6 is 0 Å². The summed E-state index contributed by atoms with van der Waals surface area (Å²) in [6, 6.07) is 27.1. The SMILES string of the molecule is NC(Cc1cccn1-c1ccccc1)OC(=O)/C=C/C(=O)OC(N)Cc1cccn1-c1ccccc1. The van der Waals surface area contributed by atoms with Crippen molar-refractivity contribution >= 4 is 11.9 Å². The van der Waals surface area contributed by atoms with E-state index in [1.54, 1.807) is 0 Å². The van der Waals surface area contributed by atoms with Gasteiger partial charge in [0, 0.05) is 60.1 Å². The molecule has 2 aromatic heterocycles. The molecule has 0 aliphatic carbocycles. The molecule has 0 amide bonds. The summed E-state index contributed by atoms with van der Waals surface area (Å²) in [7, 11) is 0. The van der Waals surface area contributed by atoms with Crippen molar-refractivity contribution in [2.75, 3.05) is 0 Å². The fourth-order valence-corrected chi connectivity index (χ4v) is 3.85. The monoisotopic (exact) mass is 484 g/mol. The zero-order valence-corrected chi connectivity index (χ0v) is 19.6. The van der Waals surface area contributed by atoms with E-state index in [4.69, 9.17) is 20.9 Å². The zero-order chi connectivity index (χ0) is 25.3. The van der Waals surface area contributed by atoms with Gasteiger partial charge >= 0.3 is 11.9 Å². The maximum absolute atomic E-state index is 12.1. The van der Waals surface area contributed by atoms with Crippen molar-refractivity contribution in [3.63, 3.8) is 0 Å². The second-order valence-corrected chi connectivity index (χ2v) is 8.10. The van der Waals surface area contributed by atoms with E-state index >= 15 is 0 Å². The number of nitrogens with zero attached hydrogens (tertiary/aromatic N) is 2. The molecule has 8 nitrogen and oxygen atoms in total. The zero-order valence-electron chi connectivity index (χ0n) is 19.6. The minimum absolute atomic E-state index is 0.303. The second-order valence-electron chi connectivity index (χ2n) is 8.10. The summed E-state index contributed by atoms with van der Waals surface area (Å²) >= 11 is 0. The Bertz CT molecular complexity index is 1210. The van der Waals surface area contributed by atoms with Crippen molar-refractivity contribution in [2.24, 2.45) is 11.5 Å². The normalized spacial score (nSPS) is 12.8. The lowest BCUT2D eigenvalue weighted by Gasteiger charge is -2.15. The predicted octanol–water partition coefficient (Wildman–Crippen LogP) is 3.27. The Balaban J connectivity index is 1.26. The summed E-state index contributed by atoms with van der Waals surface area (Å²) in [4.78, 5) is 24.3. The number of esters is 2. The van der Waals surface area contributed by atoms with Crippen molar-refractivity contribution in [2.45, 2.75) is 25.3 Å². The van der Waals surface area contributed by atoms with Crippen LogP contribution < -0.4 is 11.5 Å². The van der Waals surface area contributed by atoms with Crippen LogP contribution in [0.1, 0.15) is 11.4 Å². The van der Waals surface area contributed by atoms with Gasteiger partial charge in [0.05, 0.1) is 0 Å². The molecule has 8 heteroatoms. The molecule has 2 aromatic carbocycles. The van der Waals surface area contributed by atoms with Crippen LogP contribution in [0, 0.1) is 0 Å². The molecular weight excluding hydrogens is 456 g/mol. The molecule has 0 aliphatic heterocycles. The number of hydrogen-bond donors (Lipinski definition) is 2. The molecule has 0 aliphatic rings. The van der Waals surface area contributed by atoms with E-state index < -0.39 is 24.4 Å². The third-order valence-corrected chi connectivity index (χ3v) is 5.45. The molecule has 4 aromatic rings. The van der Waals surface area contributed by atoms with E-state index in [9.17, 15) is 9.59 Å². The smallest absolute Gasteiger partial charge is 0.332 e. The fraction of sp³-hybridized carbons (Fsp3) is 0.143. The Morgan fingerprint density at radius 1 is 0.639 bits per heavy atom. The highest BCUT2D eigenvalue weighted by Gasteiger charge is 2.14. The molecule has 0 bridgehead atoms. The minimum Gasteiger partial charge on any atom is -0.443 e. The molecule has 4 N–H and O–H groups in total. The topological polar surface area (TPSA) is 114 Å². The van der Waals surface area contributed by atoms with Gasteiger partial charge in [0.15, 0.2) is 12.5 Å². The number of carbonyl (C=O) groups is 2. The van der Waals surface area contributed by atoms with Crippen LogP contribution in [0.5, 0.6) is 0 Å². The van der Waals surface area contributed by atoms with Gasteiger partial charge in [0.25, 0.3) is 0 Å². The molecule has 36 heavy (non-hydrogen) atoms. The van der Waals surface area contributed by atoms with Crippen LogP contribution in [0.25, 0.3) is 11.4 Å². The Morgan fingerprint density at radius 3 is 1.42 bits per heavy atom. The van der Waals surface area contributed by atoms with Gasteiger partial charge < -0.3 is 18.6 Å². The summed E-state index contributed by atoms with van der Waals surface area (Å²) < 4.78 is 14.4. The number of rotatable bonds is 10. The Labute approximate surface area is 209 Å². The van der Waals surface area contributed by atoms with E-state index in [1.807, 2.05) is 106 Å². The average Bonchev–Trinajstić information content (AvgIpc) is 3.53. The summed E-state index contributed by atoms with van der Waals surface area (Å²) in [5.74, 6) is -1.49. The fourth-order valence-electron chi connectivity index (χ4n) is 3.85. The number of nitrogens with two attached hydrogens (primary N) is 2. The van der Waals surface area contributed by atoms with Gasteiger partial charge in [-0.15, -0.1) is 0 Å². The van der Waals surface area contributed by atoms with Crippen molar-refractivity contribution in [1.29, 1.82) is 0 Å². The number of carbonyl (C=O) groups excluding carboxylic acids is 2. The number of hydrogen-bond acceptors (Lipinski definition) is 6. The maximum Gasteiger partial charge on any atom is 0.332 e. The van der Waals surface area contributed by atoms with Crippen molar-refractivity contribution in [3.8, 4) is 11.4 Å². The van der Waals surface area contributed by atoms with Crippen LogP contribution in [-0.4, -0.2) is 33.5 Å². The third kappa shape index (κ3) is 6.59. The molecule has 2 heterocycles. The Hall–Kier alpha value is -4.40. The highest BCUT2D eigenvalue weighted by molar-refractivity contribution is 5.91. The lowest BCUT2D eigenvalue weighted by atomic mass is 10.2. The number of ether oxygens (including phenoxy) is 2. The standard InChI is InChI=1S/C28H28N4O4/c29-25(19-23-13-7-17-31(23)21-9-3-1-4-10-21)35-27(33)15-16-28(34)36-26(30)20-24-14-8-18-32(24)22-11-5-2-6-12-22/h1-18,25-26H,19-20,29-30H2/b16-15+. The van der Waals surface area contributed by atoms with E-state index in [1.165, 1.54) is 0 Å². The van der Waals surface area contributed by atoms with E-state index in [-0.39, 0.29) is 0 Å². The van der Waals surface area contributed by atoms with Crippen LogP contribution in [0.4, 0.5) is 0 Å².